The van der Waals surface area contributed by atoms with Gasteiger partial charge in [0.25, 0.3) is 0 Å². The highest BCUT2D eigenvalue weighted by atomic mass is 32.2. The van der Waals surface area contributed by atoms with E-state index in [4.69, 9.17) is 5.73 Å². The number of rotatable bonds is 1. The van der Waals surface area contributed by atoms with Gasteiger partial charge >= 0.3 is 0 Å². The lowest BCUT2D eigenvalue weighted by Crippen LogP contribution is -2.46. The summed E-state index contributed by atoms with van der Waals surface area (Å²) in [6.45, 7) is 4.10. The van der Waals surface area contributed by atoms with Gasteiger partial charge in [-0.2, -0.15) is 0 Å². The van der Waals surface area contributed by atoms with Crippen LogP contribution in [0.3, 0.4) is 0 Å². The summed E-state index contributed by atoms with van der Waals surface area (Å²) in [5, 5.41) is 0. The first-order valence-electron chi connectivity index (χ1n) is 6.51. The van der Waals surface area contributed by atoms with Crippen LogP contribution in [-0.4, -0.2) is 37.0 Å². The number of carbonyl (C=O) groups is 1. The van der Waals surface area contributed by atoms with Crippen molar-refractivity contribution in [3.63, 3.8) is 0 Å². The molecule has 6 heteroatoms. The van der Waals surface area contributed by atoms with Gasteiger partial charge in [-0.1, -0.05) is 13.8 Å². The molecule has 1 saturated heterocycles. The van der Waals surface area contributed by atoms with E-state index in [2.05, 4.69) is 13.8 Å². The monoisotopic (exact) mass is 272 g/mol. The van der Waals surface area contributed by atoms with E-state index >= 15 is 0 Å². The van der Waals surface area contributed by atoms with Crippen LogP contribution in [0, 0.1) is 16.7 Å². The predicted octanol–water partition coefficient (Wildman–Crippen LogP) is 0.312. The van der Waals surface area contributed by atoms with Crippen LogP contribution in [0.2, 0.25) is 0 Å². The molecular weight excluding hydrogens is 252 g/mol. The number of hydrogen-bond acceptors (Lipinski definition) is 4. The molecule has 2 aliphatic carbocycles. The maximum absolute atomic E-state index is 12.3. The normalized spacial score (nSPS) is 43.2. The topological polar surface area (TPSA) is 80.5 Å². The second kappa shape index (κ2) is 3.28. The van der Waals surface area contributed by atoms with Crippen LogP contribution in [0.5, 0.6) is 0 Å². The van der Waals surface area contributed by atoms with Crippen LogP contribution < -0.4 is 5.73 Å². The molecule has 1 amide bonds. The Labute approximate surface area is 108 Å². The maximum Gasteiger partial charge on any atom is 0.250 e. The molecule has 2 bridgehead atoms. The number of nitrogens with zero attached hydrogens (tertiary/aromatic N) is 1. The smallest absolute Gasteiger partial charge is 0.250 e. The highest BCUT2D eigenvalue weighted by Gasteiger charge is 2.72. The number of carbonyl (C=O) groups excluding carboxylic acids is 1. The minimum absolute atomic E-state index is 0.00830. The summed E-state index contributed by atoms with van der Waals surface area (Å²) >= 11 is 0. The molecule has 2 saturated carbocycles. The third-order valence-electron chi connectivity index (χ3n) is 5.83. The number of hydrogen-bond donors (Lipinski definition) is 1. The molecular formula is C12H20N2O3S. The lowest BCUT2D eigenvalue weighted by atomic mass is 9.69. The van der Waals surface area contributed by atoms with E-state index in [9.17, 15) is 13.2 Å². The molecule has 3 atom stereocenters. The van der Waals surface area contributed by atoms with Gasteiger partial charge in [-0.3, -0.25) is 4.79 Å². The largest absolute Gasteiger partial charge is 0.322 e. The zero-order chi connectivity index (χ0) is 13.3. The van der Waals surface area contributed by atoms with E-state index in [1.54, 1.807) is 0 Å². The number of nitrogens with two attached hydrogens (primary N) is 1. The fraction of sp³-hybridized carbons (Fsp3) is 0.917. The fourth-order valence-electron chi connectivity index (χ4n) is 4.71. The zero-order valence-corrected chi connectivity index (χ0v) is 11.7. The van der Waals surface area contributed by atoms with Crippen LogP contribution in [0.25, 0.3) is 0 Å². The minimum Gasteiger partial charge on any atom is -0.322 e. The van der Waals surface area contributed by atoms with E-state index < -0.39 is 15.9 Å². The van der Waals surface area contributed by atoms with Gasteiger partial charge in [-0.15, -0.1) is 0 Å². The van der Waals surface area contributed by atoms with Crippen molar-refractivity contribution in [3.8, 4) is 0 Å². The number of sulfonamides is 1. The Balaban J connectivity index is 2.11. The standard InChI is InChI=1S/C12H20N2O3S/c1-11(2)8-3-4-12(11)7-18(16,17)14(9(12)5-8)10(15)6-13/h8-9H,3-7,13H2,1-2H3/t8-,9-,12-/m0/s1. The average molecular weight is 272 g/mol. The molecule has 0 aromatic heterocycles. The van der Waals surface area contributed by atoms with Crippen LogP contribution in [0.1, 0.15) is 33.1 Å². The van der Waals surface area contributed by atoms with Crippen molar-refractivity contribution >= 4 is 15.9 Å². The molecule has 102 valence electrons. The predicted molar refractivity (Wildman–Crippen MR) is 67.0 cm³/mol. The first-order chi connectivity index (χ1) is 8.26. The summed E-state index contributed by atoms with van der Waals surface area (Å²) in [7, 11) is -3.47. The van der Waals surface area contributed by atoms with Crippen molar-refractivity contribution in [1.29, 1.82) is 0 Å². The fourth-order valence-corrected chi connectivity index (χ4v) is 7.27. The average Bonchev–Trinajstić information content (AvgIpc) is 2.74. The van der Waals surface area contributed by atoms with Crippen LogP contribution >= 0.6 is 0 Å². The van der Waals surface area contributed by atoms with Gasteiger partial charge in [0.05, 0.1) is 18.3 Å². The van der Waals surface area contributed by atoms with Gasteiger partial charge in [-0.05, 0) is 30.6 Å². The molecule has 3 rings (SSSR count). The van der Waals surface area contributed by atoms with E-state index in [-0.39, 0.29) is 29.2 Å². The Morgan fingerprint density at radius 1 is 1.44 bits per heavy atom. The Bertz CT molecular complexity index is 513. The highest BCUT2D eigenvalue weighted by Crippen LogP contribution is 2.69. The molecule has 3 aliphatic rings. The summed E-state index contributed by atoms with van der Waals surface area (Å²) in [6, 6.07) is -0.146. The SMILES string of the molecule is CC1(C)[C@H]2CC[C@@]13CS(=O)(=O)N(C(=O)CN)[C@H]3C2. The third-order valence-corrected chi connectivity index (χ3v) is 7.77. The van der Waals surface area contributed by atoms with Crippen molar-refractivity contribution in [3.05, 3.63) is 0 Å². The van der Waals surface area contributed by atoms with Crippen molar-refractivity contribution in [2.24, 2.45) is 22.5 Å². The van der Waals surface area contributed by atoms with Gasteiger partial charge < -0.3 is 5.73 Å². The van der Waals surface area contributed by atoms with E-state index in [1.807, 2.05) is 0 Å². The summed E-state index contributed by atoms with van der Waals surface area (Å²) in [4.78, 5) is 11.9. The molecule has 1 aliphatic heterocycles. The second-order valence-corrected chi connectivity index (χ2v) is 8.36. The maximum atomic E-state index is 12.3. The Morgan fingerprint density at radius 2 is 2.11 bits per heavy atom. The molecule has 1 spiro atoms. The molecule has 0 unspecified atom stereocenters. The molecule has 0 aromatic carbocycles. The first-order valence-corrected chi connectivity index (χ1v) is 8.12. The Morgan fingerprint density at radius 3 is 2.67 bits per heavy atom. The van der Waals surface area contributed by atoms with Crippen LogP contribution in [0.15, 0.2) is 0 Å². The number of amides is 1. The lowest BCUT2D eigenvalue weighted by Gasteiger charge is -2.37. The Kier molecular flexibility index (Phi) is 2.26. The van der Waals surface area contributed by atoms with Gasteiger partial charge in [0, 0.05) is 5.41 Å². The zero-order valence-electron chi connectivity index (χ0n) is 10.8. The van der Waals surface area contributed by atoms with Gasteiger partial charge in [-0.25, -0.2) is 12.7 Å². The van der Waals surface area contributed by atoms with Crippen LogP contribution in [0.4, 0.5) is 0 Å². The van der Waals surface area contributed by atoms with E-state index in [0.29, 0.717) is 5.92 Å². The third kappa shape index (κ3) is 1.16. The molecule has 18 heavy (non-hydrogen) atoms. The highest BCUT2D eigenvalue weighted by molar-refractivity contribution is 7.90. The quantitative estimate of drug-likeness (QED) is 0.745. The molecule has 2 N–H and O–H groups in total. The summed E-state index contributed by atoms with van der Waals surface area (Å²) in [6.07, 6.45) is 2.82. The Hall–Kier alpha value is -0.620. The van der Waals surface area contributed by atoms with Gasteiger partial charge in [0.15, 0.2) is 0 Å². The molecule has 5 nitrogen and oxygen atoms in total. The summed E-state index contributed by atoms with van der Waals surface area (Å²) in [5.41, 5.74) is 5.14. The van der Waals surface area contributed by atoms with Crippen molar-refractivity contribution in [2.45, 2.75) is 39.2 Å². The number of fused-ring (bicyclic) bond motifs is 1. The first kappa shape index (κ1) is 12.4. The summed E-state index contributed by atoms with van der Waals surface area (Å²) in [5.74, 6) is 0.214. The van der Waals surface area contributed by atoms with E-state index in [0.717, 1.165) is 23.6 Å². The molecule has 3 fully saturated rings. The minimum atomic E-state index is -3.47. The lowest BCUT2D eigenvalue weighted by molar-refractivity contribution is -0.127. The van der Waals surface area contributed by atoms with E-state index in [1.165, 1.54) is 0 Å². The second-order valence-electron chi connectivity index (χ2n) is 6.51. The molecule has 0 aromatic rings. The summed E-state index contributed by atoms with van der Waals surface area (Å²) < 4.78 is 25.7. The van der Waals surface area contributed by atoms with Crippen molar-refractivity contribution in [1.82, 2.24) is 4.31 Å². The van der Waals surface area contributed by atoms with Crippen molar-refractivity contribution < 1.29 is 13.2 Å². The van der Waals surface area contributed by atoms with Gasteiger partial charge in [0.2, 0.25) is 15.9 Å². The molecule has 0 radical (unpaired) electrons. The van der Waals surface area contributed by atoms with Crippen LogP contribution in [-0.2, 0) is 14.8 Å². The van der Waals surface area contributed by atoms with Gasteiger partial charge in [0.1, 0.15) is 0 Å². The molecule has 1 heterocycles. The van der Waals surface area contributed by atoms with Crippen molar-refractivity contribution in [2.75, 3.05) is 12.3 Å².